The van der Waals surface area contributed by atoms with Gasteiger partial charge in [0.25, 0.3) is 17.7 Å². The molecule has 35 heavy (non-hydrogen) atoms. The summed E-state index contributed by atoms with van der Waals surface area (Å²) in [5.41, 5.74) is 7.02. The second-order valence-electron chi connectivity index (χ2n) is 8.09. The van der Waals surface area contributed by atoms with E-state index in [4.69, 9.17) is 10.3 Å². The van der Waals surface area contributed by atoms with Gasteiger partial charge in [0.05, 0.1) is 0 Å². The van der Waals surface area contributed by atoms with Crippen LogP contribution in [-0.2, 0) is 17.9 Å². The summed E-state index contributed by atoms with van der Waals surface area (Å²) >= 11 is 0. The van der Waals surface area contributed by atoms with Gasteiger partial charge in [-0.05, 0) is 30.2 Å². The third-order valence-electron chi connectivity index (χ3n) is 5.58. The van der Waals surface area contributed by atoms with E-state index in [-0.39, 0.29) is 30.9 Å². The number of hydrogen-bond donors (Lipinski definition) is 2. The van der Waals surface area contributed by atoms with E-state index in [9.17, 15) is 23.2 Å². The summed E-state index contributed by atoms with van der Waals surface area (Å²) in [7, 11) is 0. The molecule has 1 atom stereocenters. The second kappa shape index (κ2) is 10.0. The first-order chi connectivity index (χ1) is 16.8. The maximum atomic E-state index is 13.7. The van der Waals surface area contributed by atoms with Crippen LogP contribution < -0.4 is 11.1 Å². The van der Waals surface area contributed by atoms with E-state index < -0.39 is 35.5 Å². The molecule has 1 fully saturated rings. The van der Waals surface area contributed by atoms with Crippen molar-refractivity contribution in [1.82, 2.24) is 20.3 Å². The zero-order chi connectivity index (χ0) is 25.1. The van der Waals surface area contributed by atoms with E-state index in [1.807, 2.05) is 12.1 Å². The summed E-state index contributed by atoms with van der Waals surface area (Å²) in [4.78, 5) is 41.8. The highest BCUT2D eigenvalue weighted by Crippen LogP contribution is 2.22. The van der Waals surface area contributed by atoms with Gasteiger partial charge in [0.15, 0.2) is 11.9 Å². The van der Waals surface area contributed by atoms with Crippen molar-refractivity contribution in [2.45, 2.75) is 26.2 Å². The fraction of sp³-hybridized carbons (Fsp3) is 0.250. The monoisotopic (exact) mass is 483 g/mol. The van der Waals surface area contributed by atoms with Crippen molar-refractivity contribution in [2.24, 2.45) is 5.73 Å². The number of carbonyl (C=O) groups is 3. The van der Waals surface area contributed by atoms with E-state index in [1.165, 1.54) is 11.0 Å². The summed E-state index contributed by atoms with van der Waals surface area (Å²) < 4.78 is 32.5. The maximum absolute atomic E-state index is 13.7. The Bertz CT molecular complexity index is 1260. The molecule has 1 aliphatic rings. The van der Waals surface area contributed by atoms with E-state index >= 15 is 0 Å². The molecule has 3 aromatic rings. The number of rotatable bonds is 6. The van der Waals surface area contributed by atoms with Crippen LogP contribution in [0, 0.1) is 18.6 Å². The summed E-state index contributed by atoms with van der Waals surface area (Å²) in [5, 5.41) is 6.44. The van der Waals surface area contributed by atoms with Crippen molar-refractivity contribution in [2.75, 3.05) is 13.1 Å². The molecule has 1 saturated heterocycles. The van der Waals surface area contributed by atoms with Gasteiger partial charge in [-0.15, -0.1) is 0 Å². The van der Waals surface area contributed by atoms with Gasteiger partial charge in [0.2, 0.25) is 0 Å². The lowest BCUT2D eigenvalue weighted by Crippen LogP contribution is -2.53. The Morgan fingerprint density at radius 1 is 1.03 bits per heavy atom. The highest BCUT2D eigenvalue weighted by molar-refractivity contribution is 6.01. The molecule has 1 aliphatic heterocycles. The number of aryl methyl sites for hydroxylation is 1. The van der Waals surface area contributed by atoms with Crippen LogP contribution in [0.2, 0.25) is 0 Å². The molecule has 182 valence electrons. The molecule has 3 N–H and O–H groups in total. The van der Waals surface area contributed by atoms with Crippen LogP contribution in [-0.4, -0.2) is 51.9 Å². The van der Waals surface area contributed by atoms with Gasteiger partial charge in [0.1, 0.15) is 17.4 Å². The van der Waals surface area contributed by atoms with Crippen molar-refractivity contribution >= 4 is 17.7 Å². The third-order valence-corrected chi connectivity index (χ3v) is 5.58. The molecule has 3 amide bonds. The number of benzene rings is 2. The molecule has 1 aromatic heterocycles. The summed E-state index contributed by atoms with van der Waals surface area (Å²) in [6, 6.07) is 11.1. The molecule has 2 heterocycles. The van der Waals surface area contributed by atoms with Crippen molar-refractivity contribution in [3.63, 3.8) is 0 Å². The number of carbonyl (C=O) groups excluding carboxylic acids is 3. The lowest BCUT2D eigenvalue weighted by atomic mass is 10.1. The first-order valence-electron chi connectivity index (χ1n) is 10.8. The summed E-state index contributed by atoms with van der Waals surface area (Å²) in [5.74, 6) is -3.51. The van der Waals surface area contributed by atoms with Gasteiger partial charge in [-0.2, -0.15) is 0 Å². The summed E-state index contributed by atoms with van der Waals surface area (Å²) in [6.45, 7) is 2.04. The Kier molecular flexibility index (Phi) is 6.87. The van der Waals surface area contributed by atoms with Crippen molar-refractivity contribution in [3.05, 3.63) is 88.3 Å². The van der Waals surface area contributed by atoms with Crippen LogP contribution in [0.5, 0.6) is 0 Å². The van der Waals surface area contributed by atoms with Crippen LogP contribution in [0.1, 0.15) is 37.7 Å². The minimum absolute atomic E-state index is 0.00895. The third kappa shape index (κ3) is 5.19. The lowest BCUT2D eigenvalue weighted by molar-refractivity contribution is -0.128. The first-order valence-corrected chi connectivity index (χ1v) is 10.8. The van der Waals surface area contributed by atoms with E-state index in [0.29, 0.717) is 18.4 Å². The highest BCUT2D eigenvalue weighted by Gasteiger charge is 2.43. The summed E-state index contributed by atoms with van der Waals surface area (Å²) in [6.07, 6.45) is -1.36. The van der Waals surface area contributed by atoms with E-state index in [1.54, 1.807) is 19.1 Å². The average molecular weight is 483 g/mol. The minimum atomic E-state index is -1.36. The predicted molar refractivity (Wildman–Crippen MR) is 120 cm³/mol. The van der Waals surface area contributed by atoms with Gasteiger partial charge in [0, 0.05) is 43.9 Å². The number of nitrogens with two attached hydrogens (primary N) is 1. The van der Waals surface area contributed by atoms with E-state index in [0.717, 1.165) is 28.2 Å². The zero-order valence-electron chi connectivity index (χ0n) is 18.8. The van der Waals surface area contributed by atoms with Crippen LogP contribution in [0.3, 0.4) is 0 Å². The fourth-order valence-electron chi connectivity index (χ4n) is 3.94. The van der Waals surface area contributed by atoms with Gasteiger partial charge in [-0.3, -0.25) is 14.4 Å². The molecule has 0 saturated carbocycles. The van der Waals surface area contributed by atoms with Gasteiger partial charge < -0.3 is 25.4 Å². The van der Waals surface area contributed by atoms with Crippen LogP contribution in [0.15, 0.2) is 53.1 Å². The molecule has 0 bridgehead atoms. The van der Waals surface area contributed by atoms with Crippen LogP contribution in [0.25, 0.3) is 0 Å². The second-order valence-corrected chi connectivity index (χ2v) is 8.09. The Morgan fingerprint density at radius 2 is 1.69 bits per heavy atom. The Hall–Kier alpha value is -4.12. The number of nitrogens with zero attached hydrogens (tertiary/aromatic N) is 3. The van der Waals surface area contributed by atoms with Gasteiger partial charge in [-0.1, -0.05) is 29.4 Å². The molecular weight excluding hydrogens is 460 g/mol. The van der Waals surface area contributed by atoms with Crippen LogP contribution in [0.4, 0.5) is 8.78 Å². The van der Waals surface area contributed by atoms with Crippen LogP contribution >= 0.6 is 0 Å². The molecule has 1 unspecified atom stereocenters. The number of aromatic nitrogens is 1. The molecule has 11 heteroatoms. The van der Waals surface area contributed by atoms with Crippen molar-refractivity contribution in [1.29, 1.82) is 0 Å². The number of hydrogen-bond acceptors (Lipinski definition) is 6. The van der Waals surface area contributed by atoms with Crippen molar-refractivity contribution in [3.8, 4) is 0 Å². The number of amides is 3. The predicted octanol–water partition coefficient (Wildman–Crippen LogP) is 1.96. The molecule has 2 aromatic carbocycles. The van der Waals surface area contributed by atoms with Crippen molar-refractivity contribution < 1.29 is 27.7 Å². The van der Waals surface area contributed by atoms with Gasteiger partial charge in [-0.25, -0.2) is 8.78 Å². The first kappa shape index (κ1) is 24.0. The standard InChI is InChI=1S/C24H23F2N5O4/c1-14-7-20(29-35-14)24(34)31-6-5-30(23(33)17-9-18(25)11-19(26)10-17)22(31)21(32)28-13-16-4-2-3-15(8-16)12-27/h2-4,7-11,22H,5-6,12-13,27H2,1H3,(H,28,32). The minimum Gasteiger partial charge on any atom is -0.361 e. The quantitative estimate of drug-likeness (QED) is 0.553. The molecule has 0 spiro atoms. The molecule has 9 nitrogen and oxygen atoms in total. The normalized spacial score (nSPS) is 15.4. The SMILES string of the molecule is Cc1cc(C(=O)N2CCN(C(=O)c3cc(F)cc(F)c3)C2C(=O)NCc2cccc(CN)c2)no1. The highest BCUT2D eigenvalue weighted by atomic mass is 19.1. The topological polar surface area (TPSA) is 122 Å². The molecule has 0 radical (unpaired) electrons. The number of nitrogens with one attached hydrogen (secondary N) is 1. The Labute approximate surface area is 199 Å². The van der Waals surface area contributed by atoms with Gasteiger partial charge >= 0.3 is 0 Å². The lowest BCUT2D eigenvalue weighted by Gasteiger charge is -2.28. The molecule has 4 rings (SSSR count). The molecule has 0 aliphatic carbocycles. The molecular formula is C24H23F2N5O4. The smallest absolute Gasteiger partial charge is 0.278 e. The Balaban J connectivity index is 1.61. The fourth-order valence-corrected chi connectivity index (χ4v) is 3.94. The largest absolute Gasteiger partial charge is 0.361 e. The zero-order valence-corrected chi connectivity index (χ0v) is 18.8. The average Bonchev–Trinajstić information content (AvgIpc) is 3.48. The van der Waals surface area contributed by atoms with E-state index in [2.05, 4.69) is 10.5 Å². The maximum Gasteiger partial charge on any atom is 0.278 e. The number of halogens is 2. The Morgan fingerprint density at radius 3 is 2.31 bits per heavy atom.